The van der Waals surface area contributed by atoms with Crippen LogP contribution in [-0.2, 0) is 20.9 Å². The number of benzene rings is 3. The Balaban J connectivity index is 1.68. The number of nitriles is 1. The fourth-order valence-electron chi connectivity index (χ4n) is 4.46. The van der Waals surface area contributed by atoms with E-state index in [1.165, 1.54) is 55.5 Å². The first kappa shape index (κ1) is 36.2. The molecule has 3 aromatic rings. The molecule has 1 heterocycles. The van der Waals surface area contributed by atoms with Crippen molar-refractivity contribution in [2.24, 2.45) is 11.3 Å². The summed E-state index contributed by atoms with van der Waals surface area (Å²) in [5, 5.41) is 29.6. The molecule has 4 rings (SSSR count). The van der Waals surface area contributed by atoms with Crippen molar-refractivity contribution < 1.29 is 33.9 Å². The number of carbonyl (C=O) groups excluding carboxylic acids is 3. The van der Waals surface area contributed by atoms with E-state index in [-0.39, 0.29) is 39.7 Å². The van der Waals surface area contributed by atoms with Crippen LogP contribution in [0.4, 0.5) is 5.69 Å². The Morgan fingerprint density at radius 2 is 1.71 bits per heavy atom. The molecule has 0 unspecified atom stereocenters. The highest BCUT2D eigenvalue weighted by Gasteiger charge is 2.53. The topological polar surface area (TPSA) is 160 Å². The minimum absolute atomic E-state index is 0.116. The van der Waals surface area contributed by atoms with E-state index in [2.05, 4.69) is 0 Å². The van der Waals surface area contributed by atoms with Crippen LogP contribution in [0.25, 0.3) is 0 Å². The van der Waals surface area contributed by atoms with Crippen molar-refractivity contribution in [1.29, 1.82) is 5.26 Å². The SMILES string of the molecule is C[C@@H](O)[C@H]1C(=O)N(C(C(=S)OCc2ccc([N+](=O)[O-])cc2)=C(Oc2ccc(C(=O)Sc3ccc(C#N)cc3)cc2)C(=O)C(C)(C)C)[C@H]1Cl. The average molecular weight is 708 g/mol. The summed E-state index contributed by atoms with van der Waals surface area (Å²) in [5.41, 5.74) is -1.14. The summed E-state index contributed by atoms with van der Waals surface area (Å²) in [6, 6.07) is 20.1. The van der Waals surface area contributed by atoms with E-state index in [4.69, 9.17) is 38.6 Å². The van der Waals surface area contributed by atoms with E-state index in [0.717, 1.165) is 16.7 Å². The number of aliphatic hydroxyl groups is 1. The highest BCUT2D eigenvalue weighted by Crippen LogP contribution is 2.39. The van der Waals surface area contributed by atoms with Crippen LogP contribution in [0.1, 0.15) is 49.2 Å². The van der Waals surface area contributed by atoms with Gasteiger partial charge < -0.3 is 14.6 Å². The van der Waals surface area contributed by atoms with Crippen molar-refractivity contribution in [3.05, 3.63) is 111 Å². The lowest BCUT2D eigenvalue weighted by Gasteiger charge is -2.46. The van der Waals surface area contributed by atoms with Gasteiger partial charge in [-0.25, -0.2) is 0 Å². The molecule has 0 aliphatic carbocycles. The van der Waals surface area contributed by atoms with Crippen LogP contribution >= 0.6 is 35.6 Å². The third-order valence-corrected chi connectivity index (χ3v) is 8.85. The number of likely N-dealkylation sites (tertiary alicyclic amines) is 1. The number of amides is 1. The van der Waals surface area contributed by atoms with Crippen LogP contribution in [0.5, 0.6) is 5.75 Å². The lowest BCUT2D eigenvalue weighted by molar-refractivity contribution is -0.384. The molecule has 3 aromatic carbocycles. The number of Topliss-reactive ketones (excluding diaryl/α,β-unsaturated/α-hetero) is 1. The number of nitro benzene ring substituents is 1. The fourth-order valence-corrected chi connectivity index (χ4v) is 5.96. The molecule has 14 heteroatoms. The van der Waals surface area contributed by atoms with Crippen molar-refractivity contribution in [2.45, 2.75) is 50.8 Å². The first-order valence-electron chi connectivity index (χ1n) is 14.5. The van der Waals surface area contributed by atoms with Gasteiger partial charge in [-0.2, -0.15) is 5.26 Å². The van der Waals surface area contributed by atoms with Crippen LogP contribution in [0, 0.1) is 32.8 Å². The van der Waals surface area contributed by atoms with Gasteiger partial charge in [0.2, 0.25) is 21.9 Å². The zero-order chi connectivity index (χ0) is 35.3. The molecule has 3 atom stereocenters. The molecule has 1 amide bonds. The second kappa shape index (κ2) is 15.1. The van der Waals surface area contributed by atoms with E-state index >= 15 is 0 Å². The van der Waals surface area contributed by atoms with E-state index < -0.39 is 39.6 Å². The summed E-state index contributed by atoms with van der Waals surface area (Å²) in [6.45, 7) is 6.19. The molecular formula is C34H30ClN3O8S2. The molecule has 1 N–H and O–H groups in total. The molecule has 48 heavy (non-hydrogen) atoms. The zero-order valence-electron chi connectivity index (χ0n) is 26.2. The maximum absolute atomic E-state index is 13.9. The number of hydrogen-bond donors (Lipinski definition) is 1. The second-order valence-electron chi connectivity index (χ2n) is 11.8. The van der Waals surface area contributed by atoms with Gasteiger partial charge in [0.05, 0.1) is 28.6 Å². The predicted molar refractivity (Wildman–Crippen MR) is 182 cm³/mol. The van der Waals surface area contributed by atoms with E-state index in [1.807, 2.05) is 6.07 Å². The van der Waals surface area contributed by atoms with Crippen LogP contribution < -0.4 is 4.74 Å². The van der Waals surface area contributed by atoms with Gasteiger partial charge in [0.15, 0.2) is 5.76 Å². The Labute approximate surface area is 291 Å². The van der Waals surface area contributed by atoms with Gasteiger partial charge in [-0.1, -0.05) is 32.4 Å². The molecule has 248 valence electrons. The average Bonchev–Trinajstić information content (AvgIpc) is 3.05. The summed E-state index contributed by atoms with van der Waals surface area (Å²) in [7, 11) is 0. The van der Waals surface area contributed by atoms with Crippen molar-refractivity contribution >= 4 is 63.1 Å². The summed E-state index contributed by atoms with van der Waals surface area (Å²) in [5.74, 6) is -2.34. The monoisotopic (exact) mass is 707 g/mol. The molecule has 0 spiro atoms. The Kier molecular flexibility index (Phi) is 11.4. The molecule has 1 saturated heterocycles. The van der Waals surface area contributed by atoms with Crippen molar-refractivity contribution in [3.8, 4) is 11.8 Å². The van der Waals surface area contributed by atoms with Gasteiger partial charge in [0.1, 0.15) is 23.6 Å². The molecule has 0 bridgehead atoms. The van der Waals surface area contributed by atoms with E-state index in [0.29, 0.717) is 21.6 Å². The molecule has 1 fully saturated rings. The number of halogens is 1. The van der Waals surface area contributed by atoms with Gasteiger partial charge >= 0.3 is 0 Å². The zero-order valence-corrected chi connectivity index (χ0v) is 28.6. The number of allylic oxidation sites excluding steroid dienone is 1. The number of nitro groups is 1. The number of thioether (sulfide) groups is 1. The Morgan fingerprint density at radius 1 is 1.10 bits per heavy atom. The second-order valence-corrected chi connectivity index (χ2v) is 13.6. The van der Waals surface area contributed by atoms with Gasteiger partial charge in [-0.3, -0.25) is 29.4 Å². The molecule has 0 radical (unpaired) electrons. The number of aliphatic hydroxyl groups excluding tert-OH is 1. The summed E-state index contributed by atoms with van der Waals surface area (Å²) in [4.78, 5) is 52.4. The minimum atomic E-state index is -1.10. The first-order chi connectivity index (χ1) is 22.6. The van der Waals surface area contributed by atoms with Crippen molar-refractivity contribution in [1.82, 2.24) is 4.90 Å². The molecular weight excluding hydrogens is 678 g/mol. The number of rotatable bonds is 11. The summed E-state index contributed by atoms with van der Waals surface area (Å²) < 4.78 is 12.0. The smallest absolute Gasteiger partial charge is 0.269 e. The van der Waals surface area contributed by atoms with Crippen molar-refractivity contribution in [2.75, 3.05) is 0 Å². The van der Waals surface area contributed by atoms with Gasteiger partial charge in [-0.05, 0) is 97.1 Å². The van der Waals surface area contributed by atoms with Gasteiger partial charge in [0.25, 0.3) is 5.69 Å². The van der Waals surface area contributed by atoms with E-state index in [9.17, 15) is 29.6 Å². The Morgan fingerprint density at radius 3 is 2.21 bits per heavy atom. The lowest BCUT2D eigenvalue weighted by atomic mass is 9.87. The number of non-ortho nitro benzene ring substituents is 1. The molecule has 1 aliphatic heterocycles. The third-order valence-electron chi connectivity index (χ3n) is 7.14. The van der Waals surface area contributed by atoms with Gasteiger partial charge in [-0.15, -0.1) is 0 Å². The standard InChI is InChI=1S/C34H30ClN3O8S2/c1-19(39)26-30(35)37(31(26)41)27(33(47)45-18-21-5-11-23(12-6-21)38(43)44)28(29(40)34(2,3)4)46-24-13-9-22(10-14-24)32(42)48-25-15-7-20(17-36)8-16-25/h5-16,19,26,30,39H,18H2,1-4H3/t19-,26-,30-/m1/s1. The number of hydrogen-bond acceptors (Lipinski definition) is 11. The normalized spacial score (nSPS) is 16.9. The number of thiocarbonyl (C=S) groups is 1. The maximum atomic E-state index is 13.9. The number of ether oxygens (including phenoxy) is 2. The molecule has 11 nitrogen and oxygen atoms in total. The number of alkyl halides is 1. The van der Waals surface area contributed by atoms with E-state index in [1.54, 1.807) is 45.0 Å². The first-order valence-corrected chi connectivity index (χ1v) is 16.1. The number of nitrogens with zero attached hydrogens (tertiary/aromatic N) is 3. The molecule has 1 aliphatic rings. The summed E-state index contributed by atoms with van der Waals surface area (Å²) in [6.07, 6.45) is -1.10. The molecule has 0 aromatic heterocycles. The number of carbonyl (C=O) groups is 3. The number of ketones is 1. The maximum Gasteiger partial charge on any atom is 0.269 e. The molecule has 0 saturated carbocycles. The predicted octanol–water partition coefficient (Wildman–Crippen LogP) is 6.55. The largest absolute Gasteiger partial charge is 0.477 e. The van der Waals surface area contributed by atoms with Crippen molar-refractivity contribution in [3.63, 3.8) is 0 Å². The quantitative estimate of drug-likeness (QED) is 0.0265. The lowest BCUT2D eigenvalue weighted by Crippen LogP contribution is -2.62. The van der Waals surface area contributed by atoms with Crippen LogP contribution in [0.2, 0.25) is 0 Å². The van der Waals surface area contributed by atoms with Crippen LogP contribution in [0.3, 0.4) is 0 Å². The highest BCUT2D eigenvalue weighted by atomic mass is 35.5. The van der Waals surface area contributed by atoms with Gasteiger partial charge in [0, 0.05) is 28.0 Å². The Bertz CT molecular complexity index is 1810. The minimum Gasteiger partial charge on any atom is -0.477 e. The third kappa shape index (κ3) is 8.26. The number of β-lactam (4-membered cyclic amide) rings is 1. The summed E-state index contributed by atoms with van der Waals surface area (Å²) >= 11 is 13.2. The highest BCUT2D eigenvalue weighted by molar-refractivity contribution is 8.14. The Hall–Kier alpha value is -4.61. The van der Waals surface area contributed by atoms with Crippen LogP contribution in [-0.4, -0.2) is 48.4 Å². The fraction of sp³-hybridized carbons (Fsp3) is 0.265. The van der Waals surface area contributed by atoms with Crippen LogP contribution in [0.15, 0.2) is 89.1 Å².